The number of esters is 1. The second kappa shape index (κ2) is 7.27. The normalized spacial score (nSPS) is 22.8. The fourth-order valence-corrected chi connectivity index (χ4v) is 4.44. The fraction of sp³-hybridized carbons (Fsp3) is 0.333. The average molecular weight is 414 g/mol. The molecule has 0 saturated heterocycles. The molecular formula is C21H22N2O5S. The van der Waals surface area contributed by atoms with Crippen molar-refractivity contribution in [2.75, 3.05) is 0 Å². The molecule has 1 aromatic carbocycles. The highest BCUT2D eigenvalue weighted by molar-refractivity contribution is 7.89. The van der Waals surface area contributed by atoms with Gasteiger partial charge in [-0.15, -0.1) is 0 Å². The van der Waals surface area contributed by atoms with Crippen molar-refractivity contribution in [1.82, 2.24) is 4.72 Å². The summed E-state index contributed by atoms with van der Waals surface area (Å²) in [5.74, 6) is 2.12. The molecule has 1 fully saturated rings. The molecule has 2 aliphatic rings. The van der Waals surface area contributed by atoms with Crippen LogP contribution in [0.25, 0.3) is 6.08 Å². The molecule has 29 heavy (non-hydrogen) atoms. The molecule has 1 N–H and O–H groups in total. The number of sulfonamides is 1. The van der Waals surface area contributed by atoms with Crippen LogP contribution in [-0.2, 0) is 19.6 Å². The minimum atomic E-state index is -3.59. The summed E-state index contributed by atoms with van der Waals surface area (Å²) in [4.78, 5) is 16.5. The lowest BCUT2D eigenvalue weighted by molar-refractivity contribution is -0.129. The summed E-state index contributed by atoms with van der Waals surface area (Å²) < 4.78 is 38.0. The number of furan rings is 1. The first-order valence-electron chi connectivity index (χ1n) is 9.48. The minimum absolute atomic E-state index is 0.129. The van der Waals surface area contributed by atoms with E-state index in [2.05, 4.69) is 16.6 Å². The van der Waals surface area contributed by atoms with Gasteiger partial charge in [-0.25, -0.2) is 22.9 Å². The standard InChI is InChI=1S/C21H22N2O5S/c1-12(2)23-29(25,26)16-7-4-14(5-8-16)20-22-18(21(24)28-20)11-15-6-9-19(27-15)17-10-13(17)3/h4-9,11-13,17,23H,10H2,1-3H3/b18-11+/t13-,17-/m1/s1. The van der Waals surface area contributed by atoms with Gasteiger partial charge >= 0.3 is 5.97 Å². The van der Waals surface area contributed by atoms with Crippen LogP contribution < -0.4 is 4.72 Å². The van der Waals surface area contributed by atoms with Crippen LogP contribution in [0, 0.1) is 5.92 Å². The molecule has 0 bridgehead atoms. The molecule has 1 aliphatic carbocycles. The van der Waals surface area contributed by atoms with E-state index in [-0.39, 0.29) is 22.5 Å². The third-order valence-corrected chi connectivity index (χ3v) is 6.50. The van der Waals surface area contributed by atoms with Gasteiger partial charge in [0.25, 0.3) is 0 Å². The highest BCUT2D eigenvalue weighted by atomic mass is 32.2. The lowest BCUT2D eigenvalue weighted by Gasteiger charge is -2.09. The molecule has 1 aromatic heterocycles. The highest BCUT2D eigenvalue weighted by Gasteiger charge is 2.36. The van der Waals surface area contributed by atoms with Gasteiger partial charge < -0.3 is 9.15 Å². The maximum atomic E-state index is 12.2. The van der Waals surface area contributed by atoms with E-state index in [1.807, 2.05) is 12.1 Å². The summed E-state index contributed by atoms with van der Waals surface area (Å²) >= 11 is 0. The van der Waals surface area contributed by atoms with Crippen molar-refractivity contribution in [3.63, 3.8) is 0 Å². The van der Waals surface area contributed by atoms with Crippen LogP contribution in [0.15, 0.2) is 56.4 Å². The van der Waals surface area contributed by atoms with E-state index in [9.17, 15) is 13.2 Å². The molecule has 4 rings (SSSR count). The molecule has 2 atom stereocenters. The van der Waals surface area contributed by atoms with Crippen LogP contribution in [-0.4, -0.2) is 26.3 Å². The average Bonchev–Trinajstić information content (AvgIpc) is 3.04. The minimum Gasteiger partial charge on any atom is -0.461 e. The number of aliphatic imine (C=N–C) groups is 1. The quantitative estimate of drug-likeness (QED) is 0.577. The Morgan fingerprint density at radius 3 is 2.48 bits per heavy atom. The summed E-state index contributed by atoms with van der Waals surface area (Å²) in [5.41, 5.74) is 0.653. The number of hydrogen-bond donors (Lipinski definition) is 1. The van der Waals surface area contributed by atoms with Crippen molar-refractivity contribution in [3.05, 3.63) is 59.2 Å². The summed E-state index contributed by atoms with van der Waals surface area (Å²) in [7, 11) is -3.59. The molecule has 2 heterocycles. The number of nitrogens with one attached hydrogen (secondary N) is 1. The molecule has 0 spiro atoms. The third kappa shape index (κ3) is 4.18. The van der Waals surface area contributed by atoms with Crippen molar-refractivity contribution >= 4 is 28.0 Å². The molecule has 1 saturated carbocycles. The van der Waals surface area contributed by atoms with Crippen molar-refractivity contribution in [1.29, 1.82) is 0 Å². The SMILES string of the molecule is CC(C)NS(=O)(=O)c1ccc(C2=N/C(=C/c3ccc([C@@H]4C[C@H]4C)o3)C(=O)O2)cc1. The summed E-state index contributed by atoms with van der Waals surface area (Å²) in [5, 5.41) is 0. The van der Waals surface area contributed by atoms with Gasteiger partial charge in [0.05, 0.1) is 4.90 Å². The molecule has 2 aromatic rings. The summed E-state index contributed by atoms with van der Waals surface area (Å²) in [6.07, 6.45) is 2.67. The fourth-order valence-electron chi connectivity index (χ4n) is 3.19. The van der Waals surface area contributed by atoms with E-state index in [0.29, 0.717) is 23.2 Å². The summed E-state index contributed by atoms with van der Waals surface area (Å²) in [6.45, 7) is 5.67. The van der Waals surface area contributed by atoms with E-state index in [0.717, 1.165) is 12.2 Å². The Bertz CT molecular complexity index is 1110. The van der Waals surface area contributed by atoms with Crippen LogP contribution in [0.2, 0.25) is 0 Å². The molecule has 0 amide bonds. The number of nitrogens with zero attached hydrogens (tertiary/aromatic N) is 1. The first-order chi connectivity index (χ1) is 13.7. The van der Waals surface area contributed by atoms with E-state index >= 15 is 0 Å². The number of ether oxygens (including phenoxy) is 1. The number of carbonyl (C=O) groups is 1. The zero-order valence-electron chi connectivity index (χ0n) is 16.4. The van der Waals surface area contributed by atoms with Gasteiger partial charge in [-0.3, -0.25) is 0 Å². The van der Waals surface area contributed by atoms with Gasteiger partial charge in [-0.05, 0) is 62.6 Å². The third-order valence-electron chi connectivity index (χ3n) is 4.82. The number of carbonyl (C=O) groups excluding carboxylic acids is 1. The van der Waals surface area contributed by atoms with E-state index < -0.39 is 16.0 Å². The zero-order valence-corrected chi connectivity index (χ0v) is 17.2. The molecule has 8 heteroatoms. The Kier molecular flexibility index (Phi) is 4.92. The van der Waals surface area contributed by atoms with Crippen LogP contribution >= 0.6 is 0 Å². The second-order valence-electron chi connectivity index (χ2n) is 7.70. The van der Waals surface area contributed by atoms with Crippen molar-refractivity contribution < 1.29 is 22.4 Å². The highest BCUT2D eigenvalue weighted by Crippen LogP contribution is 2.47. The Morgan fingerprint density at radius 2 is 1.86 bits per heavy atom. The first-order valence-corrected chi connectivity index (χ1v) is 11.0. The monoisotopic (exact) mass is 414 g/mol. The number of benzene rings is 1. The van der Waals surface area contributed by atoms with Crippen molar-refractivity contribution in [3.8, 4) is 0 Å². The van der Waals surface area contributed by atoms with E-state index in [1.54, 1.807) is 32.1 Å². The molecule has 1 aliphatic heterocycles. The Labute approximate surface area is 169 Å². The van der Waals surface area contributed by atoms with Gasteiger partial charge in [0, 0.05) is 23.6 Å². The zero-order chi connectivity index (χ0) is 20.8. The maximum absolute atomic E-state index is 12.2. The molecular weight excluding hydrogens is 392 g/mol. The Morgan fingerprint density at radius 1 is 1.17 bits per heavy atom. The van der Waals surface area contributed by atoms with Gasteiger partial charge in [0.2, 0.25) is 15.9 Å². The Hall–Kier alpha value is -2.71. The molecule has 0 unspecified atom stereocenters. The maximum Gasteiger partial charge on any atom is 0.363 e. The molecule has 7 nitrogen and oxygen atoms in total. The lowest BCUT2D eigenvalue weighted by atomic mass is 10.2. The van der Waals surface area contributed by atoms with Gasteiger partial charge in [0.1, 0.15) is 11.5 Å². The number of cyclic esters (lactones) is 1. The predicted octanol–water partition coefficient (Wildman–Crippen LogP) is 3.43. The first kappa shape index (κ1) is 19.6. The molecule has 152 valence electrons. The van der Waals surface area contributed by atoms with Gasteiger partial charge in [-0.1, -0.05) is 6.92 Å². The smallest absolute Gasteiger partial charge is 0.363 e. The topological polar surface area (TPSA) is 98.0 Å². The van der Waals surface area contributed by atoms with Crippen LogP contribution in [0.5, 0.6) is 0 Å². The Balaban J connectivity index is 1.53. The van der Waals surface area contributed by atoms with E-state index in [1.165, 1.54) is 12.1 Å². The van der Waals surface area contributed by atoms with E-state index in [4.69, 9.17) is 9.15 Å². The summed E-state index contributed by atoms with van der Waals surface area (Å²) in [6, 6.07) is 9.55. The van der Waals surface area contributed by atoms with Gasteiger partial charge in [0.15, 0.2) is 5.70 Å². The number of hydrogen-bond acceptors (Lipinski definition) is 6. The van der Waals surface area contributed by atoms with Crippen molar-refractivity contribution in [2.24, 2.45) is 10.9 Å². The second-order valence-corrected chi connectivity index (χ2v) is 9.41. The van der Waals surface area contributed by atoms with Crippen LogP contribution in [0.3, 0.4) is 0 Å². The largest absolute Gasteiger partial charge is 0.461 e. The predicted molar refractivity (Wildman–Crippen MR) is 108 cm³/mol. The van der Waals surface area contributed by atoms with Crippen molar-refractivity contribution in [2.45, 2.75) is 44.0 Å². The number of rotatable bonds is 6. The van der Waals surface area contributed by atoms with Crippen LogP contribution in [0.1, 0.15) is 50.2 Å². The lowest BCUT2D eigenvalue weighted by Crippen LogP contribution is -2.30. The molecule has 0 radical (unpaired) electrons. The van der Waals surface area contributed by atoms with Gasteiger partial charge in [-0.2, -0.15) is 0 Å². The van der Waals surface area contributed by atoms with Crippen LogP contribution in [0.4, 0.5) is 0 Å².